The van der Waals surface area contributed by atoms with Gasteiger partial charge in [0.15, 0.2) is 11.4 Å². The number of H-pyrrole nitrogens is 1. The molecule has 1 aromatic carbocycles. The number of carbonyl (C=O) groups excluding carboxylic acids is 1. The van der Waals surface area contributed by atoms with Crippen LogP contribution >= 0.6 is 0 Å². The van der Waals surface area contributed by atoms with Gasteiger partial charge in [0.1, 0.15) is 5.82 Å². The number of nitrogens with one attached hydrogen (secondary N) is 1. The zero-order valence-electron chi connectivity index (χ0n) is 18.4. The number of aromatic amines is 1. The van der Waals surface area contributed by atoms with Crippen molar-refractivity contribution in [2.75, 3.05) is 37.5 Å². The number of methoxy groups -OCH3 is 1. The Morgan fingerprint density at radius 2 is 2.03 bits per heavy atom. The monoisotopic (exact) mass is 449 g/mol. The summed E-state index contributed by atoms with van der Waals surface area (Å²) in [7, 11) is 1.41. The largest absolute Gasteiger partial charge is 0.487 e. The molecule has 2 rings (SSSR count). The summed E-state index contributed by atoms with van der Waals surface area (Å²) in [6.07, 6.45) is 0. The maximum Gasteiger partial charge on any atom is 0.330 e. The highest BCUT2D eigenvalue weighted by Crippen LogP contribution is 2.29. The number of carbonyl (C=O) groups is 1. The molecule has 0 aliphatic rings. The maximum absolute atomic E-state index is 13.3. The van der Waals surface area contributed by atoms with Gasteiger partial charge < -0.3 is 15.2 Å². The Morgan fingerprint density at radius 3 is 2.59 bits per heavy atom. The van der Waals surface area contributed by atoms with Crippen molar-refractivity contribution >= 4 is 23.1 Å². The van der Waals surface area contributed by atoms with Gasteiger partial charge in [-0.1, -0.05) is 13.8 Å². The van der Waals surface area contributed by atoms with Crippen molar-refractivity contribution in [3.8, 4) is 5.75 Å². The minimum atomic E-state index is -0.850. The molecule has 174 valence electrons. The third-order valence-electron chi connectivity index (χ3n) is 4.50. The molecule has 2 aromatic rings. The Balaban J connectivity index is 2.64. The number of nitro benzene ring substituents is 1. The molecule has 0 saturated heterocycles. The number of ether oxygens (including phenoxy) is 2. The molecule has 12 heteroatoms. The topological polar surface area (TPSA) is 163 Å². The quantitative estimate of drug-likeness (QED) is 0.406. The Bertz CT molecular complexity index is 1110. The van der Waals surface area contributed by atoms with E-state index in [1.807, 2.05) is 13.8 Å². The molecule has 0 bridgehead atoms. The average molecular weight is 449 g/mol. The zero-order chi connectivity index (χ0) is 24.0. The minimum Gasteiger partial charge on any atom is -0.487 e. The minimum absolute atomic E-state index is 0.0142. The number of nitrogens with zero attached hydrogens (tertiary/aromatic N) is 3. The van der Waals surface area contributed by atoms with Crippen LogP contribution in [0.5, 0.6) is 5.75 Å². The van der Waals surface area contributed by atoms with Crippen LogP contribution in [0.1, 0.15) is 31.1 Å². The van der Waals surface area contributed by atoms with Crippen molar-refractivity contribution < 1.29 is 19.2 Å². The van der Waals surface area contributed by atoms with Gasteiger partial charge in [0.25, 0.3) is 11.5 Å². The fourth-order valence-corrected chi connectivity index (χ4v) is 3.11. The van der Waals surface area contributed by atoms with Gasteiger partial charge in [-0.3, -0.25) is 34.2 Å². The molecule has 12 nitrogen and oxygen atoms in total. The smallest absolute Gasteiger partial charge is 0.330 e. The van der Waals surface area contributed by atoms with Gasteiger partial charge in [0, 0.05) is 31.8 Å². The zero-order valence-corrected chi connectivity index (χ0v) is 18.4. The summed E-state index contributed by atoms with van der Waals surface area (Å²) in [5.41, 5.74) is 3.92. The summed E-state index contributed by atoms with van der Waals surface area (Å²) < 4.78 is 11.5. The van der Waals surface area contributed by atoms with E-state index >= 15 is 0 Å². The molecule has 0 aliphatic heterocycles. The molecule has 0 aliphatic carbocycles. The summed E-state index contributed by atoms with van der Waals surface area (Å²) in [6, 6.07) is 3.74. The van der Waals surface area contributed by atoms with Crippen LogP contribution < -0.4 is 26.6 Å². The van der Waals surface area contributed by atoms with Crippen LogP contribution in [0.2, 0.25) is 0 Å². The van der Waals surface area contributed by atoms with Gasteiger partial charge in [-0.2, -0.15) is 0 Å². The predicted octanol–water partition coefficient (Wildman–Crippen LogP) is 1.37. The molecule has 0 atom stereocenters. The molecule has 3 N–H and O–H groups in total. The number of benzene rings is 1. The van der Waals surface area contributed by atoms with Crippen LogP contribution in [0.4, 0.5) is 17.2 Å². The highest BCUT2D eigenvalue weighted by atomic mass is 16.6. The number of aromatic nitrogens is 2. The Labute approximate surface area is 183 Å². The van der Waals surface area contributed by atoms with Gasteiger partial charge in [0.05, 0.1) is 18.1 Å². The molecule has 0 spiro atoms. The van der Waals surface area contributed by atoms with E-state index in [9.17, 15) is 24.5 Å². The lowest BCUT2D eigenvalue weighted by molar-refractivity contribution is -0.385. The summed E-state index contributed by atoms with van der Waals surface area (Å²) in [5.74, 6) is -0.858. The molecule has 1 amide bonds. The molecule has 0 unspecified atom stereocenters. The first-order valence-corrected chi connectivity index (χ1v) is 9.96. The van der Waals surface area contributed by atoms with Crippen molar-refractivity contribution in [1.82, 2.24) is 9.55 Å². The normalized spacial score (nSPS) is 10.9. The van der Waals surface area contributed by atoms with E-state index in [1.165, 1.54) is 23.8 Å². The van der Waals surface area contributed by atoms with Crippen molar-refractivity contribution in [1.29, 1.82) is 0 Å². The van der Waals surface area contributed by atoms with Crippen LogP contribution in [0.15, 0.2) is 27.8 Å². The van der Waals surface area contributed by atoms with Gasteiger partial charge >= 0.3 is 11.4 Å². The van der Waals surface area contributed by atoms with Gasteiger partial charge in [-0.15, -0.1) is 0 Å². The van der Waals surface area contributed by atoms with E-state index in [2.05, 4.69) is 4.98 Å². The lowest BCUT2D eigenvalue weighted by Gasteiger charge is -2.24. The number of nitrogens with two attached hydrogens (primary N) is 1. The third-order valence-corrected chi connectivity index (χ3v) is 4.50. The first-order valence-electron chi connectivity index (χ1n) is 9.96. The Hall–Kier alpha value is -3.67. The fraction of sp³-hybridized carbons (Fsp3) is 0.450. The van der Waals surface area contributed by atoms with E-state index in [1.54, 1.807) is 6.92 Å². The van der Waals surface area contributed by atoms with Crippen molar-refractivity contribution in [2.24, 2.45) is 5.92 Å². The molecular weight excluding hydrogens is 422 g/mol. The summed E-state index contributed by atoms with van der Waals surface area (Å²) in [6.45, 7) is 5.80. The predicted molar refractivity (Wildman–Crippen MR) is 118 cm³/mol. The number of anilines is 2. The second-order valence-corrected chi connectivity index (χ2v) is 7.32. The number of hydrogen-bond acceptors (Lipinski definition) is 8. The van der Waals surface area contributed by atoms with Crippen molar-refractivity contribution in [3.63, 3.8) is 0 Å². The summed E-state index contributed by atoms with van der Waals surface area (Å²) in [5, 5.41) is 11.4. The Morgan fingerprint density at radius 1 is 1.34 bits per heavy atom. The van der Waals surface area contributed by atoms with Gasteiger partial charge in [-0.25, -0.2) is 4.79 Å². The van der Waals surface area contributed by atoms with E-state index in [4.69, 9.17) is 15.2 Å². The van der Waals surface area contributed by atoms with Crippen molar-refractivity contribution in [2.45, 2.75) is 27.3 Å². The van der Waals surface area contributed by atoms with Crippen molar-refractivity contribution in [3.05, 3.63) is 54.7 Å². The third kappa shape index (κ3) is 5.32. The van der Waals surface area contributed by atoms with E-state index < -0.39 is 27.8 Å². The number of amides is 1. The van der Waals surface area contributed by atoms with Crippen LogP contribution in [-0.4, -0.2) is 47.2 Å². The fourth-order valence-electron chi connectivity index (χ4n) is 3.11. The van der Waals surface area contributed by atoms with Crippen LogP contribution in [0.25, 0.3) is 0 Å². The summed E-state index contributed by atoms with van der Waals surface area (Å²) in [4.78, 5) is 52.2. The lowest BCUT2D eigenvalue weighted by atomic mass is 10.1. The molecule has 0 radical (unpaired) electrons. The second-order valence-electron chi connectivity index (χ2n) is 7.32. The van der Waals surface area contributed by atoms with Gasteiger partial charge in [-0.05, 0) is 25.0 Å². The first kappa shape index (κ1) is 24.6. The molecule has 1 heterocycles. The van der Waals surface area contributed by atoms with Gasteiger partial charge in [0.2, 0.25) is 0 Å². The maximum atomic E-state index is 13.3. The molecule has 1 aromatic heterocycles. The molecular formula is C20H27N5O7. The molecule has 0 saturated carbocycles. The highest BCUT2D eigenvalue weighted by Gasteiger charge is 2.27. The number of nitro groups is 1. The SMILES string of the molecule is CCOc1ccc(C(=O)N(CCOC)c2c(N)n(CC(C)C)c(=O)[nH]c2=O)cc1[N+](=O)[O-]. The number of hydrogen-bond donors (Lipinski definition) is 2. The van der Waals surface area contributed by atoms with E-state index in [0.717, 1.165) is 11.0 Å². The first-order chi connectivity index (χ1) is 15.1. The summed E-state index contributed by atoms with van der Waals surface area (Å²) >= 11 is 0. The number of rotatable bonds is 10. The van der Waals surface area contributed by atoms with E-state index in [-0.39, 0.29) is 55.0 Å². The van der Waals surface area contributed by atoms with Crippen LogP contribution in [0.3, 0.4) is 0 Å². The lowest BCUT2D eigenvalue weighted by Crippen LogP contribution is -2.42. The molecule has 0 fully saturated rings. The van der Waals surface area contributed by atoms with Crippen LogP contribution in [0, 0.1) is 16.0 Å². The molecule has 32 heavy (non-hydrogen) atoms. The average Bonchev–Trinajstić information content (AvgIpc) is 2.73. The van der Waals surface area contributed by atoms with E-state index in [0.29, 0.717) is 0 Å². The van der Waals surface area contributed by atoms with Crippen LogP contribution in [-0.2, 0) is 11.3 Å². The second kappa shape index (κ2) is 10.6. The Kier molecular flexibility index (Phi) is 8.13. The highest BCUT2D eigenvalue weighted by molar-refractivity contribution is 6.07. The number of nitrogen functional groups attached to an aromatic ring is 1. The standard InChI is InChI=1S/C20H27N5O7/c1-5-32-15-7-6-13(10-14(15)25(29)30)19(27)23(8-9-31-4)16-17(21)24(11-12(2)3)20(28)22-18(16)26/h6-7,10,12H,5,8-9,11,21H2,1-4H3,(H,22,26,28).